The molecule has 0 fully saturated rings. The first-order valence-corrected chi connectivity index (χ1v) is 11.8. The normalized spacial score (nSPS) is 11.3. The van der Waals surface area contributed by atoms with Crippen molar-refractivity contribution in [2.75, 3.05) is 0 Å². The Hall–Kier alpha value is -5.30. The van der Waals surface area contributed by atoms with Gasteiger partial charge in [0.15, 0.2) is 0 Å². The van der Waals surface area contributed by atoms with Crippen molar-refractivity contribution in [1.29, 1.82) is 0 Å². The second-order valence-corrected chi connectivity index (χ2v) is 8.71. The fourth-order valence-electron chi connectivity index (χ4n) is 4.64. The summed E-state index contributed by atoms with van der Waals surface area (Å²) in [6.07, 6.45) is 0. The van der Waals surface area contributed by atoms with E-state index in [4.69, 9.17) is 13.6 Å². The van der Waals surface area contributed by atoms with Gasteiger partial charge >= 0.3 is 11.3 Å². The second-order valence-electron chi connectivity index (χ2n) is 8.71. The first-order chi connectivity index (χ1) is 18.5. The average molecular weight is 504 g/mol. The molecule has 0 atom stereocenters. The number of para-hydroxylation sites is 3. The van der Waals surface area contributed by atoms with Crippen molar-refractivity contribution < 1.29 is 23.8 Å². The van der Waals surface area contributed by atoms with Crippen LogP contribution in [0.15, 0.2) is 122 Å². The largest absolute Gasteiger partial charge is 0.507 e. The Morgan fingerprint density at radius 3 is 1.53 bits per heavy atom. The van der Waals surface area contributed by atoms with Gasteiger partial charge in [-0.1, -0.05) is 54.6 Å². The Bertz CT molecular complexity index is 1800. The quantitative estimate of drug-likeness (QED) is 0.266. The van der Waals surface area contributed by atoms with Gasteiger partial charge in [0.1, 0.15) is 34.2 Å². The van der Waals surface area contributed by atoms with E-state index in [0.717, 1.165) is 0 Å². The van der Waals surface area contributed by atoms with Crippen LogP contribution >= 0.6 is 0 Å². The third-order valence-corrected chi connectivity index (χ3v) is 6.41. The van der Waals surface area contributed by atoms with E-state index in [1.807, 2.05) is 30.3 Å². The van der Waals surface area contributed by atoms with Crippen LogP contribution in [-0.2, 0) is 0 Å². The number of hydrogen-bond donors (Lipinski definition) is 2. The minimum atomic E-state index is -1.21. The molecule has 0 aliphatic rings. The van der Waals surface area contributed by atoms with Crippen molar-refractivity contribution in [3.8, 4) is 23.0 Å². The Balaban J connectivity index is 1.59. The topological polar surface area (TPSA) is 110 Å². The number of fused-ring (bicyclic) bond motifs is 2. The lowest BCUT2D eigenvalue weighted by atomic mass is 9.84. The maximum Gasteiger partial charge on any atom is 0.344 e. The van der Waals surface area contributed by atoms with Gasteiger partial charge in [0.05, 0.1) is 27.8 Å². The van der Waals surface area contributed by atoms with Crippen LogP contribution in [0.1, 0.15) is 22.6 Å². The van der Waals surface area contributed by atoms with Gasteiger partial charge in [-0.2, -0.15) is 0 Å². The van der Waals surface area contributed by atoms with Crippen molar-refractivity contribution in [3.05, 3.63) is 141 Å². The van der Waals surface area contributed by atoms with E-state index in [0.29, 0.717) is 27.8 Å². The van der Waals surface area contributed by atoms with Crippen LogP contribution in [0, 0.1) is 0 Å². The molecule has 2 N–H and O–H groups in total. The van der Waals surface area contributed by atoms with Gasteiger partial charge in [-0.3, -0.25) is 0 Å². The fourth-order valence-corrected chi connectivity index (χ4v) is 4.64. The van der Waals surface area contributed by atoms with Gasteiger partial charge in [0.2, 0.25) is 0 Å². The van der Waals surface area contributed by atoms with Gasteiger partial charge < -0.3 is 23.8 Å². The van der Waals surface area contributed by atoms with Crippen LogP contribution in [0.4, 0.5) is 0 Å². The molecule has 0 spiro atoms. The molecule has 2 aromatic heterocycles. The van der Waals surface area contributed by atoms with Gasteiger partial charge in [0.25, 0.3) is 0 Å². The molecule has 6 rings (SSSR count). The summed E-state index contributed by atoms with van der Waals surface area (Å²) < 4.78 is 16.9. The summed E-state index contributed by atoms with van der Waals surface area (Å²) >= 11 is 0. The van der Waals surface area contributed by atoms with Crippen LogP contribution in [0.25, 0.3) is 21.9 Å². The summed E-state index contributed by atoms with van der Waals surface area (Å²) in [5.74, 6) is -0.750. The smallest absolute Gasteiger partial charge is 0.344 e. The lowest BCUT2D eigenvalue weighted by Gasteiger charge is -2.20. The first-order valence-electron chi connectivity index (χ1n) is 11.8. The highest BCUT2D eigenvalue weighted by atomic mass is 16.5. The molecule has 0 aliphatic carbocycles. The Labute approximate surface area is 215 Å². The molecule has 186 valence electrons. The van der Waals surface area contributed by atoms with E-state index in [1.165, 1.54) is 0 Å². The molecule has 6 aromatic rings. The average Bonchev–Trinajstić information content (AvgIpc) is 2.93. The number of hydrogen-bond acceptors (Lipinski definition) is 7. The second kappa shape index (κ2) is 9.29. The van der Waals surface area contributed by atoms with E-state index in [9.17, 15) is 19.8 Å². The first kappa shape index (κ1) is 23.1. The number of benzene rings is 4. The van der Waals surface area contributed by atoms with Crippen molar-refractivity contribution >= 4 is 21.9 Å². The van der Waals surface area contributed by atoms with Crippen LogP contribution in [0.5, 0.6) is 23.0 Å². The van der Waals surface area contributed by atoms with Crippen LogP contribution < -0.4 is 16.0 Å². The highest BCUT2D eigenvalue weighted by molar-refractivity contribution is 5.86. The molecule has 2 heterocycles. The lowest BCUT2D eigenvalue weighted by Crippen LogP contribution is -2.21. The zero-order valence-electron chi connectivity index (χ0n) is 19.8. The van der Waals surface area contributed by atoms with E-state index in [1.54, 1.807) is 72.8 Å². The molecule has 7 nitrogen and oxygen atoms in total. The highest BCUT2D eigenvalue weighted by Crippen LogP contribution is 2.42. The van der Waals surface area contributed by atoms with Crippen molar-refractivity contribution in [2.24, 2.45) is 0 Å². The van der Waals surface area contributed by atoms with Gasteiger partial charge in [-0.05, 0) is 54.1 Å². The molecule has 0 aliphatic heterocycles. The monoisotopic (exact) mass is 504 g/mol. The molecular weight excluding hydrogens is 484 g/mol. The summed E-state index contributed by atoms with van der Waals surface area (Å²) in [7, 11) is 0. The maximum absolute atomic E-state index is 13.3. The van der Waals surface area contributed by atoms with E-state index in [2.05, 4.69) is 0 Å². The Kier molecular flexibility index (Phi) is 5.65. The summed E-state index contributed by atoms with van der Waals surface area (Å²) in [6.45, 7) is 0. The number of rotatable bonds is 5. The van der Waals surface area contributed by atoms with E-state index < -0.39 is 17.2 Å². The van der Waals surface area contributed by atoms with E-state index in [-0.39, 0.29) is 33.8 Å². The van der Waals surface area contributed by atoms with Crippen LogP contribution in [0.3, 0.4) is 0 Å². The summed E-state index contributed by atoms with van der Waals surface area (Å²) in [5.41, 5.74) is -1.26. The zero-order chi connectivity index (χ0) is 26.2. The summed E-state index contributed by atoms with van der Waals surface area (Å²) in [5, 5.41) is 23.1. The minimum absolute atomic E-state index is 0.193. The zero-order valence-corrected chi connectivity index (χ0v) is 19.8. The Morgan fingerprint density at radius 1 is 0.553 bits per heavy atom. The van der Waals surface area contributed by atoms with Crippen molar-refractivity contribution in [1.82, 2.24) is 0 Å². The highest BCUT2D eigenvalue weighted by Gasteiger charge is 2.32. The number of aromatic hydroxyl groups is 2. The van der Waals surface area contributed by atoms with Crippen LogP contribution in [-0.4, -0.2) is 10.2 Å². The molecule has 0 bridgehead atoms. The summed E-state index contributed by atoms with van der Waals surface area (Å²) in [6, 6.07) is 28.9. The third kappa shape index (κ3) is 3.96. The third-order valence-electron chi connectivity index (χ3n) is 6.41. The molecule has 4 aromatic carbocycles. The van der Waals surface area contributed by atoms with Crippen molar-refractivity contribution in [2.45, 2.75) is 5.92 Å². The molecule has 0 amide bonds. The van der Waals surface area contributed by atoms with Gasteiger partial charge in [0, 0.05) is 0 Å². The predicted molar refractivity (Wildman–Crippen MR) is 142 cm³/mol. The fraction of sp³-hybridized carbons (Fsp3) is 0.0323. The Morgan fingerprint density at radius 2 is 1.00 bits per heavy atom. The molecule has 0 unspecified atom stereocenters. The van der Waals surface area contributed by atoms with Gasteiger partial charge in [-0.15, -0.1) is 0 Å². The molecule has 7 heteroatoms. The molecular formula is C31H20O7. The lowest BCUT2D eigenvalue weighted by molar-refractivity contribution is 0.441. The van der Waals surface area contributed by atoms with E-state index >= 15 is 0 Å². The maximum atomic E-state index is 13.3. The number of ether oxygens (including phenoxy) is 1. The van der Waals surface area contributed by atoms with Crippen molar-refractivity contribution in [3.63, 3.8) is 0 Å². The van der Waals surface area contributed by atoms with Crippen LogP contribution in [0.2, 0.25) is 0 Å². The van der Waals surface area contributed by atoms with Gasteiger partial charge in [-0.25, -0.2) is 9.59 Å². The molecule has 38 heavy (non-hydrogen) atoms. The minimum Gasteiger partial charge on any atom is -0.507 e. The predicted octanol–water partition coefficient (Wildman–Crippen LogP) is 6.28. The molecule has 0 saturated heterocycles. The standard InChI is InChI=1S/C31H20O7/c32-28-21-10-4-6-12-23(21)37-30(34)26(28)25(27-29(33)22-11-5-7-13-24(22)38-31(27)35)18-14-16-20(17-15-18)36-19-8-2-1-3-9-19/h1-17,25,32-33H. The molecule has 0 saturated carbocycles. The SMILES string of the molecule is O=c1oc2ccccc2c(O)c1C(c1ccc(Oc2ccccc2)cc1)c1c(O)c2ccccc2oc1=O. The summed E-state index contributed by atoms with van der Waals surface area (Å²) in [4.78, 5) is 26.5. The molecule has 0 radical (unpaired) electrons.